The van der Waals surface area contributed by atoms with E-state index in [-0.39, 0.29) is 0 Å². The summed E-state index contributed by atoms with van der Waals surface area (Å²) in [5.41, 5.74) is 0. The molecule has 1 nitrogen and oxygen atoms in total. The third-order valence-corrected chi connectivity index (χ3v) is 19.0. The van der Waals surface area contributed by atoms with Crippen molar-refractivity contribution in [2.75, 3.05) is 0 Å². The lowest BCUT2D eigenvalue weighted by Crippen LogP contribution is -2.62. The normalized spacial score (nSPS) is 38.4. The highest BCUT2D eigenvalue weighted by atomic mass is 28.4. The quantitative estimate of drug-likeness (QED) is 0.624. The van der Waals surface area contributed by atoms with E-state index in [0.717, 1.165) is 0 Å². The van der Waals surface area contributed by atoms with Gasteiger partial charge in [-0.3, -0.25) is 0 Å². The van der Waals surface area contributed by atoms with Crippen LogP contribution in [0.5, 0.6) is 0 Å². The molecule has 1 heterocycles. The van der Waals surface area contributed by atoms with Crippen LogP contribution < -0.4 is 4.65 Å². The van der Waals surface area contributed by atoms with Crippen LogP contribution in [-0.4, -0.2) is 16.5 Å². The molecule has 0 aromatic rings. The summed E-state index contributed by atoms with van der Waals surface area (Å²) in [7, 11) is -2.44. The van der Waals surface area contributed by atoms with Gasteiger partial charge < -0.3 is 4.65 Å². The lowest BCUT2D eigenvalue weighted by Gasteiger charge is -2.43. The van der Waals surface area contributed by atoms with Gasteiger partial charge >= 0.3 is 0 Å². The molecule has 0 amide bonds. The van der Waals surface area contributed by atoms with E-state index in [1.807, 2.05) is 0 Å². The number of hydrogen-bond acceptors (Lipinski definition) is 1. The fourth-order valence-corrected chi connectivity index (χ4v) is 16.7. The lowest BCUT2D eigenvalue weighted by atomic mass is 10.2. The van der Waals surface area contributed by atoms with Crippen LogP contribution >= 0.6 is 0 Å². The smallest absolute Gasteiger partial charge is 0.121 e. The molecule has 15 heavy (non-hydrogen) atoms. The van der Waals surface area contributed by atoms with Gasteiger partial charge in [0.05, 0.1) is 0 Å². The van der Waals surface area contributed by atoms with E-state index in [9.17, 15) is 0 Å². The van der Waals surface area contributed by atoms with Crippen LogP contribution in [0.15, 0.2) is 0 Å². The summed E-state index contributed by atoms with van der Waals surface area (Å²) in [6.45, 7) is 19.7. The van der Waals surface area contributed by atoms with Gasteiger partial charge in [-0.1, -0.05) is 54.6 Å². The van der Waals surface area contributed by atoms with Gasteiger partial charge in [0.1, 0.15) is 16.5 Å². The largest absolute Gasteiger partial charge is 0.358 e. The summed E-state index contributed by atoms with van der Waals surface area (Å²) in [6.07, 6.45) is 0. The molecule has 3 heteroatoms. The molecule has 0 aromatic heterocycles. The predicted octanol–water partition coefficient (Wildman–Crippen LogP) is 4.34. The Morgan fingerprint density at radius 2 is 1.00 bits per heavy atom. The predicted molar refractivity (Wildman–Crippen MR) is 75.4 cm³/mol. The van der Waals surface area contributed by atoms with Crippen LogP contribution in [0.1, 0.15) is 41.5 Å². The van der Waals surface area contributed by atoms with Crippen LogP contribution in [0.4, 0.5) is 0 Å². The Hall–Kier alpha value is 0.394. The third kappa shape index (κ3) is 2.24. The molecule has 90 valence electrons. The van der Waals surface area contributed by atoms with Gasteiger partial charge in [0.15, 0.2) is 0 Å². The van der Waals surface area contributed by atoms with Crippen molar-refractivity contribution in [1.82, 2.24) is 4.65 Å². The van der Waals surface area contributed by atoms with E-state index in [4.69, 9.17) is 0 Å². The SMILES string of the molecule is CC(C)(C)[Si]1(C)CC[Si](C)(C(C)(C)C)N1. The summed E-state index contributed by atoms with van der Waals surface area (Å²) in [4.78, 5) is 0. The van der Waals surface area contributed by atoms with E-state index < -0.39 is 16.5 Å². The van der Waals surface area contributed by atoms with E-state index in [1.54, 1.807) is 0 Å². The first-order valence-corrected chi connectivity index (χ1v) is 11.6. The maximum atomic E-state index is 4.20. The molecule has 0 spiro atoms. The number of hydrogen-bond donors (Lipinski definition) is 1. The second kappa shape index (κ2) is 3.44. The molecule has 0 aliphatic carbocycles. The van der Waals surface area contributed by atoms with Crippen molar-refractivity contribution in [1.29, 1.82) is 0 Å². The Kier molecular flexibility index (Phi) is 3.09. The van der Waals surface area contributed by atoms with Crippen molar-refractivity contribution in [2.24, 2.45) is 0 Å². The highest BCUT2D eigenvalue weighted by Gasteiger charge is 2.55. The van der Waals surface area contributed by atoms with Gasteiger partial charge in [-0.25, -0.2) is 0 Å². The first kappa shape index (κ1) is 13.5. The van der Waals surface area contributed by atoms with Gasteiger partial charge in [0.2, 0.25) is 0 Å². The molecule has 0 saturated carbocycles. The molecular formula is C12H29NSi2. The molecular weight excluding hydrogens is 214 g/mol. The summed E-state index contributed by atoms with van der Waals surface area (Å²) in [5, 5.41) is 1.01. The average Bonchev–Trinajstić information content (AvgIpc) is 2.26. The molecule has 1 N–H and O–H groups in total. The Bertz CT molecular complexity index is 225. The third-order valence-electron chi connectivity index (χ3n) is 4.99. The Morgan fingerprint density at radius 3 is 1.13 bits per heavy atom. The van der Waals surface area contributed by atoms with Crippen molar-refractivity contribution < 1.29 is 0 Å². The zero-order chi connectivity index (χ0) is 12.1. The van der Waals surface area contributed by atoms with Gasteiger partial charge in [0, 0.05) is 0 Å². The molecule has 1 fully saturated rings. The molecule has 2 unspecified atom stereocenters. The summed E-state index contributed by atoms with van der Waals surface area (Å²) < 4.78 is 4.20. The Morgan fingerprint density at radius 1 is 0.733 bits per heavy atom. The van der Waals surface area contributed by atoms with Crippen LogP contribution in [0.25, 0.3) is 0 Å². The second-order valence-electron chi connectivity index (χ2n) is 7.79. The fraction of sp³-hybridized carbons (Fsp3) is 1.00. The summed E-state index contributed by atoms with van der Waals surface area (Å²) in [5.74, 6) is 0. The fourth-order valence-electron chi connectivity index (χ4n) is 2.36. The van der Waals surface area contributed by atoms with E-state index in [1.165, 1.54) is 12.1 Å². The van der Waals surface area contributed by atoms with Gasteiger partial charge in [-0.15, -0.1) is 0 Å². The molecule has 1 rings (SSSR count). The molecule has 2 atom stereocenters. The molecule has 1 aliphatic rings. The lowest BCUT2D eigenvalue weighted by molar-refractivity contribution is 0.692. The minimum atomic E-state index is -1.22. The van der Waals surface area contributed by atoms with Crippen molar-refractivity contribution >= 4 is 16.5 Å². The van der Waals surface area contributed by atoms with Crippen molar-refractivity contribution in [2.45, 2.75) is 76.8 Å². The first-order chi connectivity index (χ1) is 6.41. The van der Waals surface area contributed by atoms with Gasteiger partial charge in [0.25, 0.3) is 0 Å². The molecule has 1 saturated heterocycles. The van der Waals surface area contributed by atoms with E-state index >= 15 is 0 Å². The minimum absolute atomic E-state index is 0.503. The first-order valence-electron chi connectivity index (χ1n) is 6.21. The monoisotopic (exact) mass is 243 g/mol. The topological polar surface area (TPSA) is 12.0 Å². The highest BCUT2D eigenvalue weighted by molar-refractivity contribution is 6.99. The molecule has 1 aliphatic heterocycles. The standard InChI is InChI=1S/C12H29NSi2/c1-11(2,3)14(7)9-10-15(8,13-14)12(4,5)6/h13H,9-10H2,1-8H3. The Labute approximate surface area is 98.2 Å². The Balaban J connectivity index is 2.93. The molecule has 0 bridgehead atoms. The maximum Gasteiger partial charge on any atom is 0.121 e. The van der Waals surface area contributed by atoms with Crippen LogP contribution in [0, 0.1) is 0 Å². The van der Waals surface area contributed by atoms with Crippen molar-refractivity contribution in [3.63, 3.8) is 0 Å². The maximum absolute atomic E-state index is 4.20. The van der Waals surface area contributed by atoms with Crippen LogP contribution in [-0.2, 0) is 0 Å². The van der Waals surface area contributed by atoms with Crippen LogP contribution in [0.2, 0.25) is 35.3 Å². The van der Waals surface area contributed by atoms with Gasteiger partial charge in [-0.05, 0) is 22.2 Å². The zero-order valence-electron chi connectivity index (χ0n) is 11.9. The van der Waals surface area contributed by atoms with Crippen molar-refractivity contribution in [3.8, 4) is 0 Å². The van der Waals surface area contributed by atoms with E-state index in [0.29, 0.717) is 10.1 Å². The number of nitrogens with one attached hydrogen (secondary N) is 1. The highest BCUT2D eigenvalue weighted by Crippen LogP contribution is 2.49. The van der Waals surface area contributed by atoms with Crippen molar-refractivity contribution in [3.05, 3.63) is 0 Å². The van der Waals surface area contributed by atoms with E-state index in [2.05, 4.69) is 59.3 Å². The summed E-state index contributed by atoms with van der Waals surface area (Å²) in [6, 6.07) is 2.97. The zero-order valence-corrected chi connectivity index (χ0v) is 13.9. The molecule has 0 radical (unpaired) electrons. The number of rotatable bonds is 0. The summed E-state index contributed by atoms with van der Waals surface area (Å²) >= 11 is 0. The average molecular weight is 244 g/mol. The second-order valence-corrected chi connectivity index (χ2v) is 18.1. The van der Waals surface area contributed by atoms with Crippen LogP contribution in [0.3, 0.4) is 0 Å². The molecule has 0 aromatic carbocycles. The van der Waals surface area contributed by atoms with Gasteiger partial charge in [-0.2, -0.15) is 0 Å². The minimum Gasteiger partial charge on any atom is -0.358 e.